The van der Waals surface area contributed by atoms with Gasteiger partial charge in [0.1, 0.15) is 0 Å². The second-order valence-corrected chi connectivity index (χ2v) is 4.60. The Morgan fingerprint density at radius 1 is 1.62 bits per heavy atom. The number of aromatic nitrogens is 2. The van der Waals surface area contributed by atoms with Gasteiger partial charge in [-0.1, -0.05) is 0 Å². The van der Waals surface area contributed by atoms with Crippen LogP contribution in [0.3, 0.4) is 0 Å². The largest absolute Gasteiger partial charge is 0.348 e. The molecule has 0 amide bonds. The smallest absolute Gasteiger partial charge is 0.163 e. The predicted molar refractivity (Wildman–Crippen MR) is 59.8 cm³/mol. The van der Waals surface area contributed by atoms with E-state index in [-0.39, 0.29) is 6.10 Å². The number of ether oxygens (including phenoxy) is 2. The summed E-state index contributed by atoms with van der Waals surface area (Å²) >= 11 is 0. The standard InChI is InChI=1S/C11H19N3O2/c1-11(2)15-8-10(16-11)6-12-4-9-5-13-14(3)7-9/h5,7,10,12H,4,6,8H2,1-3H3. The van der Waals surface area contributed by atoms with Crippen molar-refractivity contribution in [1.82, 2.24) is 15.1 Å². The Bertz CT molecular complexity index is 349. The molecular weight excluding hydrogens is 206 g/mol. The Labute approximate surface area is 95.7 Å². The molecule has 0 aliphatic carbocycles. The minimum atomic E-state index is -0.430. The van der Waals surface area contributed by atoms with E-state index in [4.69, 9.17) is 9.47 Å². The summed E-state index contributed by atoms with van der Waals surface area (Å²) in [5.41, 5.74) is 1.18. The van der Waals surface area contributed by atoms with E-state index in [2.05, 4.69) is 10.4 Å². The molecule has 1 aromatic rings. The molecule has 1 unspecified atom stereocenters. The monoisotopic (exact) mass is 225 g/mol. The van der Waals surface area contributed by atoms with Crippen LogP contribution in [0.2, 0.25) is 0 Å². The zero-order chi connectivity index (χ0) is 11.6. The van der Waals surface area contributed by atoms with E-state index in [1.165, 1.54) is 5.56 Å². The van der Waals surface area contributed by atoms with Crippen LogP contribution in [0.25, 0.3) is 0 Å². The molecule has 5 heteroatoms. The molecule has 0 bridgehead atoms. The minimum Gasteiger partial charge on any atom is -0.348 e. The van der Waals surface area contributed by atoms with E-state index in [1.807, 2.05) is 33.3 Å². The van der Waals surface area contributed by atoms with Gasteiger partial charge in [0.05, 0.1) is 18.9 Å². The van der Waals surface area contributed by atoms with Crippen LogP contribution in [0.1, 0.15) is 19.4 Å². The van der Waals surface area contributed by atoms with Crippen LogP contribution >= 0.6 is 0 Å². The van der Waals surface area contributed by atoms with Gasteiger partial charge in [-0.15, -0.1) is 0 Å². The fourth-order valence-electron chi connectivity index (χ4n) is 1.80. The minimum absolute atomic E-state index is 0.145. The van der Waals surface area contributed by atoms with Gasteiger partial charge in [0.2, 0.25) is 0 Å². The lowest BCUT2D eigenvalue weighted by Crippen LogP contribution is -2.30. The molecule has 0 aromatic carbocycles. The van der Waals surface area contributed by atoms with Gasteiger partial charge in [-0.3, -0.25) is 4.68 Å². The Kier molecular flexibility index (Phi) is 3.28. The lowest BCUT2D eigenvalue weighted by Gasteiger charge is -2.17. The first-order valence-corrected chi connectivity index (χ1v) is 5.55. The zero-order valence-electron chi connectivity index (χ0n) is 10.1. The Balaban J connectivity index is 1.69. The quantitative estimate of drug-likeness (QED) is 0.818. The summed E-state index contributed by atoms with van der Waals surface area (Å²) in [4.78, 5) is 0. The van der Waals surface area contributed by atoms with Crippen LogP contribution in [0.15, 0.2) is 12.4 Å². The van der Waals surface area contributed by atoms with E-state index >= 15 is 0 Å². The average molecular weight is 225 g/mol. The summed E-state index contributed by atoms with van der Waals surface area (Å²) in [6, 6.07) is 0. The molecule has 0 spiro atoms. The van der Waals surface area contributed by atoms with E-state index in [1.54, 1.807) is 4.68 Å². The first-order chi connectivity index (χ1) is 7.55. The van der Waals surface area contributed by atoms with Crippen LogP contribution in [-0.2, 0) is 23.1 Å². The summed E-state index contributed by atoms with van der Waals surface area (Å²) < 4.78 is 13.0. The molecule has 5 nitrogen and oxygen atoms in total. The maximum absolute atomic E-state index is 5.69. The van der Waals surface area contributed by atoms with Crippen molar-refractivity contribution in [2.75, 3.05) is 13.2 Å². The van der Waals surface area contributed by atoms with Gasteiger partial charge in [0.15, 0.2) is 5.79 Å². The van der Waals surface area contributed by atoms with Crippen molar-refractivity contribution < 1.29 is 9.47 Å². The first kappa shape index (κ1) is 11.6. The number of nitrogens with zero attached hydrogens (tertiary/aromatic N) is 2. The highest BCUT2D eigenvalue weighted by atomic mass is 16.7. The highest BCUT2D eigenvalue weighted by Gasteiger charge is 2.32. The van der Waals surface area contributed by atoms with E-state index in [0.717, 1.165) is 13.1 Å². The van der Waals surface area contributed by atoms with Gasteiger partial charge >= 0.3 is 0 Å². The molecule has 1 atom stereocenters. The Hall–Kier alpha value is -0.910. The number of nitrogens with one attached hydrogen (secondary N) is 1. The van der Waals surface area contributed by atoms with E-state index < -0.39 is 5.79 Å². The van der Waals surface area contributed by atoms with Crippen molar-refractivity contribution in [3.63, 3.8) is 0 Å². The predicted octanol–water partition coefficient (Wildman–Crippen LogP) is 0.661. The third kappa shape index (κ3) is 3.04. The fourth-order valence-corrected chi connectivity index (χ4v) is 1.80. The summed E-state index contributed by atoms with van der Waals surface area (Å²) in [5.74, 6) is -0.430. The Morgan fingerprint density at radius 3 is 3.00 bits per heavy atom. The molecule has 1 aromatic heterocycles. The lowest BCUT2D eigenvalue weighted by molar-refractivity contribution is -0.137. The summed E-state index contributed by atoms with van der Waals surface area (Å²) in [7, 11) is 1.92. The van der Waals surface area contributed by atoms with Gasteiger partial charge in [-0.05, 0) is 13.8 Å². The highest BCUT2D eigenvalue weighted by molar-refractivity contribution is 5.02. The highest BCUT2D eigenvalue weighted by Crippen LogP contribution is 2.21. The van der Waals surface area contributed by atoms with Crippen molar-refractivity contribution in [2.24, 2.45) is 7.05 Å². The van der Waals surface area contributed by atoms with Crippen molar-refractivity contribution in [2.45, 2.75) is 32.3 Å². The maximum Gasteiger partial charge on any atom is 0.163 e. The molecule has 2 heterocycles. The van der Waals surface area contributed by atoms with Gasteiger partial charge in [0, 0.05) is 31.9 Å². The number of rotatable bonds is 4. The average Bonchev–Trinajstić information content (AvgIpc) is 2.73. The second kappa shape index (κ2) is 4.53. The number of hydrogen-bond donors (Lipinski definition) is 1. The second-order valence-electron chi connectivity index (χ2n) is 4.60. The molecule has 1 N–H and O–H groups in total. The summed E-state index contributed by atoms with van der Waals surface area (Å²) in [6.07, 6.45) is 4.01. The third-order valence-electron chi connectivity index (χ3n) is 2.53. The van der Waals surface area contributed by atoms with Crippen molar-refractivity contribution in [3.8, 4) is 0 Å². The molecule has 1 aliphatic heterocycles. The molecule has 0 saturated carbocycles. The molecule has 0 radical (unpaired) electrons. The van der Waals surface area contributed by atoms with Crippen LogP contribution in [-0.4, -0.2) is 34.8 Å². The molecule has 1 aliphatic rings. The fraction of sp³-hybridized carbons (Fsp3) is 0.727. The lowest BCUT2D eigenvalue weighted by atomic mass is 10.3. The molecule has 90 valence electrons. The third-order valence-corrected chi connectivity index (χ3v) is 2.53. The van der Waals surface area contributed by atoms with Crippen molar-refractivity contribution in [1.29, 1.82) is 0 Å². The van der Waals surface area contributed by atoms with E-state index in [9.17, 15) is 0 Å². The van der Waals surface area contributed by atoms with Crippen molar-refractivity contribution >= 4 is 0 Å². The molecule has 2 rings (SSSR count). The van der Waals surface area contributed by atoms with Crippen LogP contribution in [0.5, 0.6) is 0 Å². The van der Waals surface area contributed by atoms with E-state index in [0.29, 0.717) is 6.61 Å². The maximum atomic E-state index is 5.69. The number of aryl methyl sites for hydroxylation is 1. The topological polar surface area (TPSA) is 48.3 Å². The van der Waals surface area contributed by atoms with Gasteiger partial charge < -0.3 is 14.8 Å². The summed E-state index contributed by atoms with van der Waals surface area (Å²) in [5, 5.41) is 7.45. The zero-order valence-corrected chi connectivity index (χ0v) is 10.1. The number of hydrogen-bond acceptors (Lipinski definition) is 4. The normalized spacial score (nSPS) is 23.8. The van der Waals surface area contributed by atoms with Gasteiger partial charge in [-0.2, -0.15) is 5.10 Å². The van der Waals surface area contributed by atoms with Gasteiger partial charge in [0.25, 0.3) is 0 Å². The first-order valence-electron chi connectivity index (χ1n) is 5.55. The molecular formula is C11H19N3O2. The summed E-state index contributed by atoms with van der Waals surface area (Å²) in [6.45, 7) is 6.15. The molecule has 1 saturated heterocycles. The van der Waals surface area contributed by atoms with Crippen LogP contribution in [0.4, 0.5) is 0 Å². The Morgan fingerprint density at radius 2 is 2.44 bits per heavy atom. The molecule has 1 fully saturated rings. The van der Waals surface area contributed by atoms with Gasteiger partial charge in [-0.25, -0.2) is 0 Å². The SMILES string of the molecule is Cn1cc(CNCC2COC(C)(C)O2)cn1. The van der Waals surface area contributed by atoms with Crippen LogP contribution in [0, 0.1) is 0 Å². The van der Waals surface area contributed by atoms with Crippen molar-refractivity contribution in [3.05, 3.63) is 18.0 Å². The van der Waals surface area contributed by atoms with Crippen LogP contribution < -0.4 is 5.32 Å². The molecule has 16 heavy (non-hydrogen) atoms.